The molecule has 42 heavy (non-hydrogen) atoms. The molecule has 2 atom stereocenters. The molecule has 0 bridgehead atoms. The lowest BCUT2D eigenvalue weighted by Crippen LogP contribution is -2.42. The number of hydrogen-bond donors (Lipinski definition) is 4. The molecule has 2 aliphatic rings. The van der Waals surface area contributed by atoms with Crippen molar-refractivity contribution in [2.45, 2.75) is 98.9 Å². The minimum Gasteiger partial charge on any atom is -0.481 e. The summed E-state index contributed by atoms with van der Waals surface area (Å²) in [6.45, 7) is 0. The highest BCUT2D eigenvalue weighted by Crippen LogP contribution is 2.41. The van der Waals surface area contributed by atoms with Gasteiger partial charge in [0.2, 0.25) is 0 Å². The van der Waals surface area contributed by atoms with Crippen molar-refractivity contribution in [3.8, 4) is 0 Å². The third kappa shape index (κ3) is 9.26. The van der Waals surface area contributed by atoms with E-state index in [1.54, 1.807) is 24.3 Å². The summed E-state index contributed by atoms with van der Waals surface area (Å²) in [6, 6.07) is 13.6. The van der Waals surface area contributed by atoms with Crippen LogP contribution in [0.1, 0.15) is 97.8 Å². The molecule has 4 rings (SSSR count). The van der Waals surface area contributed by atoms with Gasteiger partial charge in [-0.3, -0.25) is 19.2 Å². The highest BCUT2D eigenvalue weighted by Gasteiger charge is 2.29. The van der Waals surface area contributed by atoms with E-state index in [2.05, 4.69) is 10.6 Å². The topological polar surface area (TPSA) is 133 Å². The molecule has 0 aromatic heterocycles. The first-order valence-corrected chi connectivity index (χ1v) is 17.0. The molecular weight excluding hydrogens is 572 g/mol. The molecule has 10 heteroatoms. The summed E-state index contributed by atoms with van der Waals surface area (Å²) >= 11 is 0. The maximum absolute atomic E-state index is 13.4. The van der Waals surface area contributed by atoms with Crippen LogP contribution in [-0.2, 0) is 9.59 Å². The molecule has 0 unspecified atom stereocenters. The smallest absolute Gasteiger partial charge is 0.305 e. The van der Waals surface area contributed by atoms with Crippen molar-refractivity contribution in [2.75, 3.05) is 0 Å². The molecule has 0 spiro atoms. The molecule has 0 radical (unpaired) electrons. The van der Waals surface area contributed by atoms with Crippen molar-refractivity contribution in [3.63, 3.8) is 0 Å². The summed E-state index contributed by atoms with van der Waals surface area (Å²) in [5.74, 6) is -2.15. The van der Waals surface area contributed by atoms with E-state index in [0.29, 0.717) is 20.9 Å². The summed E-state index contributed by atoms with van der Waals surface area (Å²) in [7, 11) is 2.72. The quantitative estimate of drug-likeness (QED) is 0.182. The van der Waals surface area contributed by atoms with Gasteiger partial charge >= 0.3 is 11.9 Å². The Morgan fingerprint density at radius 3 is 1.33 bits per heavy atom. The van der Waals surface area contributed by atoms with E-state index >= 15 is 0 Å². The Kier molecular flexibility index (Phi) is 12.2. The Hall–Kier alpha value is -2.98. The second-order valence-corrected chi connectivity index (χ2v) is 13.5. The minimum absolute atomic E-state index is 0.104. The molecule has 2 aromatic carbocycles. The van der Waals surface area contributed by atoms with Gasteiger partial charge in [0.25, 0.3) is 11.8 Å². The van der Waals surface area contributed by atoms with Crippen LogP contribution < -0.4 is 10.6 Å². The van der Waals surface area contributed by atoms with Gasteiger partial charge in [0.1, 0.15) is 0 Å². The van der Waals surface area contributed by atoms with E-state index < -0.39 is 24.0 Å². The largest absolute Gasteiger partial charge is 0.481 e. The fraction of sp³-hybridized carbons (Fsp3) is 0.500. The molecule has 2 saturated carbocycles. The van der Waals surface area contributed by atoms with E-state index in [1.165, 1.54) is 21.6 Å². The molecule has 0 saturated heterocycles. The van der Waals surface area contributed by atoms with Gasteiger partial charge in [-0.1, -0.05) is 84.4 Å². The molecule has 0 aliphatic heterocycles. The number of nitrogens with one attached hydrogen (secondary N) is 2. The highest BCUT2D eigenvalue weighted by atomic mass is 33.1. The van der Waals surface area contributed by atoms with Crippen LogP contribution in [0.4, 0.5) is 0 Å². The molecule has 8 nitrogen and oxygen atoms in total. The number of carbonyl (C=O) groups excluding carboxylic acids is 2. The van der Waals surface area contributed by atoms with E-state index in [-0.39, 0.29) is 36.5 Å². The van der Waals surface area contributed by atoms with Crippen molar-refractivity contribution >= 4 is 45.3 Å². The molecule has 2 fully saturated rings. The van der Waals surface area contributed by atoms with E-state index in [0.717, 1.165) is 64.2 Å². The van der Waals surface area contributed by atoms with Gasteiger partial charge in [-0.15, -0.1) is 0 Å². The standard InChI is InChI=1S/C32H40N2O6S2/c35-29(36)19-25(21-11-3-1-4-12-21)33-31(39)23-15-7-9-17-27(23)41-42-28-18-10-8-16-24(28)32(40)34-26(20-30(37)38)22-13-5-2-6-14-22/h7-10,15-18,21-22,25-26H,1-6,11-14,19-20H2,(H,33,39)(H,34,40)(H,35,36)(H,37,38)/t25-,26-/m1/s1. The summed E-state index contributed by atoms with van der Waals surface area (Å²) in [5.41, 5.74) is 0.920. The zero-order valence-electron chi connectivity index (χ0n) is 23.8. The number of amides is 2. The van der Waals surface area contributed by atoms with Crippen LogP contribution in [-0.4, -0.2) is 46.0 Å². The molecule has 2 aromatic rings. The van der Waals surface area contributed by atoms with Crippen molar-refractivity contribution in [1.82, 2.24) is 10.6 Å². The first-order valence-electron chi connectivity index (χ1n) is 14.9. The first-order chi connectivity index (χ1) is 20.3. The Morgan fingerprint density at radius 2 is 0.976 bits per heavy atom. The summed E-state index contributed by atoms with van der Waals surface area (Å²) in [6.07, 6.45) is 9.91. The zero-order chi connectivity index (χ0) is 29.9. The lowest BCUT2D eigenvalue weighted by Gasteiger charge is -2.30. The second-order valence-electron chi connectivity index (χ2n) is 11.3. The van der Waals surface area contributed by atoms with Crippen LogP contribution >= 0.6 is 21.6 Å². The average Bonchev–Trinajstić information content (AvgIpc) is 3.00. The molecular formula is C32H40N2O6S2. The number of carboxylic acids is 2. The monoisotopic (exact) mass is 612 g/mol. The minimum atomic E-state index is -0.923. The van der Waals surface area contributed by atoms with Gasteiger partial charge in [0, 0.05) is 21.9 Å². The van der Waals surface area contributed by atoms with Crippen LogP contribution in [0.25, 0.3) is 0 Å². The van der Waals surface area contributed by atoms with Crippen LogP contribution in [0.3, 0.4) is 0 Å². The third-order valence-electron chi connectivity index (χ3n) is 8.34. The fourth-order valence-corrected chi connectivity index (χ4v) is 8.52. The van der Waals surface area contributed by atoms with Gasteiger partial charge < -0.3 is 20.8 Å². The van der Waals surface area contributed by atoms with Gasteiger partial charge in [-0.25, -0.2) is 0 Å². The van der Waals surface area contributed by atoms with Gasteiger partial charge in [-0.05, 0) is 61.8 Å². The highest BCUT2D eigenvalue weighted by molar-refractivity contribution is 8.76. The summed E-state index contributed by atoms with van der Waals surface area (Å²) < 4.78 is 0. The Morgan fingerprint density at radius 1 is 0.619 bits per heavy atom. The average molecular weight is 613 g/mol. The number of hydrogen-bond acceptors (Lipinski definition) is 6. The molecule has 2 amide bonds. The molecule has 2 aliphatic carbocycles. The van der Waals surface area contributed by atoms with E-state index in [4.69, 9.17) is 0 Å². The number of rotatable bonds is 13. The SMILES string of the molecule is O=C(O)C[C@@H](NC(=O)c1ccccc1SSc1ccccc1C(=O)N[C@H](CC(=O)O)C1CCCCC1)C1CCCCC1. The third-order valence-corrected chi connectivity index (χ3v) is 10.8. The fourth-order valence-electron chi connectivity index (χ4n) is 6.16. The van der Waals surface area contributed by atoms with Gasteiger partial charge in [-0.2, -0.15) is 0 Å². The number of aliphatic carboxylic acids is 2. The number of benzene rings is 2. The van der Waals surface area contributed by atoms with Crippen LogP contribution in [0.2, 0.25) is 0 Å². The second kappa shape index (κ2) is 16.0. The lowest BCUT2D eigenvalue weighted by molar-refractivity contribution is -0.139. The van der Waals surface area contributed by atoms with E-state index in [9.17, 15) is 29.4 Å². The maximum Gasteiger partial charge on any atom is 0.305 e. The van der Waals surface area contributed by atoms with Crippen LogP contribution in [0.5, 0.6) is 0 Å². The van der Waals surface area contributed by atoms with E-state index in [1.807, 2.05) is 24.3 Å². The molecule has 226 valence electrons. The van der Waals surface area contributed by atoms with Crippen LogP contribution in [0, 0.1) is 11.8 Å². The van der Waals surface area contributed by atoms with Crippen molar-refractivity contribution in [1.29, 1.82) is 0 Å². The predicted octanol–water partition coefficient (Wildman–Crippen LogP) is 6.79. The first kappa shape index (κ1) is 31.9. The van der Waals surface area contributed by atoms with Gasteiger partial charge in [0.05, 0.1) is 24.0 Å². The number of carboxylic acid groups (broad SMARTS) is 2. The molecule has 4 N–H and O–H groups in total. The number of carbonyl (C=O) groups is 4. The zero-order valence-corrected chi connectivity index (χ0v) is 25.4. The Bertz CT molecular complexity index is 1150. The summed E-state index contributed by atoms with van der Waals surface area (Å²) in [4.78, 5) is 51.4. The normalized spacial score (nSPS) is 17.6. The van der Waals surface area contributed by atoms with Crippen molar-refractivity contribution in [3.05, 3.63) is 59.7 Å². The van der Waals surface area contributed by atoms with Gasteiger partial charge in [0.15, 0.2) is 0 Å². The Balaban J connectivity index is 1.45. The lowest BCUT2D eigenvalue weighted by atomic mass is 9.82. The van der Waals surface area contributed by atoms with Crippen molar-refractivity contribution < 1.29 is 29.4 Å². The molecule has 0 heterocycles. The maximum atomic E-state index is 13.4. The van der Waals surface area contributed by atoms with Crippen LogP contribution in [0.15, 0.2) is 58.3 Å². The predicted molar refractivity (Wildman–Crippen MR) is 165 cm³/mol. The summed E-state index contributed by atoms with van der Waals surface area (Å²) in [5, 5.41) is 25.0. The Labute approximate surface area is 255 Å². The van der Waals surface area contributed by atoms with Crippen molar-refractivity contribution in [2.24, 2.45) is 11.8 Å².